The highest BCUT2D eigenvalue weighted by atomic mass is 35.5. The lowest BCUT2D eigenvalue weighted by atomic mass is 9.94. The van der Waals surface area contributed by atoms with Crippen LogP contribution in [0, 0.1) is 0 Å². The molecule has 0 fully saturated rings. The SMILES string of the molecule is COc1ccc(-c2cc(-c3ccc(Cl)cc3)c3c(ccc4ccccc43)n2)cc1. The molecule has 140 valence electrons. The standard InChI is InChI=1S/C26H18ClNO/c1-29-21-13-8-19(9-14-21)25-16-23(18-6-11-20(27)12-7-18)26-22-5-3-2-4-17(22)10-15-24(26)28-25/h2-16H,1H3. The topological polar surface area (TPSA) is 22.1 Å². The highest BCUT2D eigenvalue weighted by molar-refractivity contribution is 6.30. The zero-order valence-corrected chi connectivity index (χ0v) is 16.6. The van der Waals surface area contributed by atoms with Crippen LogP contribution < -0.4 is 4.74 Å². The van der Waals surface area contributed by atoms with Gasteiger partial charge in [0.05, 0.1) is 18.3 Å². The van der Waals surface area contributed by atoms with Gasteiger partial charge in [0.2, 0.25) is 0 Å². The predicted molar refractivity (Wildman–Crippen MR) is 122 cm³/mol. The average Bonchev–Trinajstić information content (AvgIpc) is 2.79. The zero-order chi connectivity index (χ0) is 19.8. The number of ether oxygens (including phenoxy) is 1. The van der Waals surface area contributed by atoms with Crippen molar-refractivity contribution in [3.63, 3.8) is 0 Å². The lowest BCUT2D eigenvalue weighted by molar-refractivity contribution is 0.415. The monoisotopic (exact) mass is 395 g/mol. The fourth-order valence-electron chi connectivity index (χ4n) is 3.77. The van der Waals surface area contributed by atoms with Gasteiger partial charge in [-0.1, -0.05) is 54.1 Å². The van der Waals surface area contributed by atoms with Crippen LogP contribution in [-0.2, 0) is 0 Å². The molecular weight excluding hydrogens is 378 g/mol. The number of aromatic nitrogens is 1. The maximum Gasteiger partial charge on any atom is 0.118 e. The lowest BCUT2D eigenvalue weighted by Crippen LogP contribution is -1.91. The summed E-state index contributed by atoms with van der Waals surface area (Å²) in [6, 6.07) is 30.8. The van der Waals surface area contributed by atoms with E-state index < -0.39 is 0 Å². The van der Waals surface area contributed by atoms with Gasteiger partial charge in [-0.25, -0.2) is 4.98 Å². The van der Waals surface area contributed by atoms with Crippen molar-refractivity contribution >= 4 is 33.3 Å². The molecule has 0 saturated carbocycles. The molecule has 0 aliphatic rings. The Balaban J connectivity index is 1.83. The number of fused-ring (bicyclic) bond motifs is 3. The number of hydrogen-bond donors (Lipinski definition) is 0. The van der Waals surface area contributed by atoms with E-state index >= 15 is 0 Å². The third-order valence-electron chi connectivity index (χ3n) is 5.24. The van der Waals surface area contributed by atoms with E-state index in [0.29, 0.717) is 0 Å². The van der Waals surface area contributed by atoms with Gasteiger partial charge in [0.25, 0.3) is 0 Å². The second kappa shape index (κ2) is 7.23. The normalized spacial score (nSPS) is 11.1. The molecule has 0 bridgehead atoms. The summed E-state index contributed by atoms with van der Waals surface area (Å²) in [5.74, 6) is 0.832. The van der Waals surface area contributed by atoms with E-state index in [4.69, 9.17) is 21.3 Å². The zero-order valence-electron chi connectivity index (χ0n) is 15.9. The van der Waals surface area contributed by atoms with Crippen LogP contribution in [0.4, 0.5) is 0 Å². The van der Waals surface area contributed by atoms with E-state index in [1.807, 2.05) is 36.4 Å². The first kappa shape index (κ1) is 17.7. The first-order valence-corrected chi connectivity index (χ1v) is 9.83. The fraction of sp³-hybridized carbons (Fsp3) is 0.0385. The summed E-state index contributed by atoms with van der Waals surface area (Å²) in [5, 5.41) is 4.29. The van der Waals surface area contributed by atoms with Gasteiger partial charge in [-0.3, -0.25) is 0 Å². The van der Waals surface area contributed by atoms with E-state index in [1.165, 1.54) is 10.8 Å². The lowest BCUT2D eigenvalue weighted by Gasteiger charge is -2.13. The van der Waals surface area contributed by atoms with Crippen LogP contribution >= 0.6 is 11.6 Å². The van der Waals surface area contributed by atoms with Crippen LogP contribution in [0.25, 0.3) is 44.1 Å². The number of halogens is 1. The average molecular weight is 396 g/mol. The van der Waals surface area contributed by atoms with E-state index in [9.17, 15) is 0 Å². The van der Waals surface area contributed by atoms with Gasteiger partial charge in [-0.15, -0.1) is 0 Å². The van der Waals surface area contributed by atoms with Crippen LogP contribution in [0.2, 0.25) is 5.02 Å². The van der Waals surface area contributed by atoms with Crippen LogP contribution in [0.5, 0.6) is 5.75 Å². The molecule has 0 N–H and O–H groups in total. The number of nitrogens with zero attached hydrogens (tertiary/aromatic N) is 1. The number of pyridine rings is 1. The minimum Gasteiger partial charge on any atom is -0.497 e. The maximum absolute atomic E-state index is 6.14. The third-order valence-corrected chi connectivity index (χ3v) is 5.49. The van der Waals surface area contributed by atoms with Gasteiger partial charge < -0.3 is 4.74 Å². The van der Waals surface area contributed by atoms with Crippen molar-refractivity contribution in [2.75, 3.05) is 7.11 Å². The van der Waals surface area contributed by atoms with Gasteiger partial charge in [0.15, 0.2) is 0 Å². The van der Waals surface area contributed by atoms with Gasteiger partial charge in [-0.05, 0) is 70.4 Å². The third kappa shape index (κ3) is 3.22. The molecule has 3 heteroatoms. The van der Waals surface area contributed by atoms with Crippen molar-refractivity contribution in [3.05, 3.63) is 96.0 Å². The molecule has 0 spiro atoms. The first-order chi connectivity index (χ1) is 14.2. The van der Waals surface area contributed by atoms with Crippen molar-refractivity contribution in [3.8, 4) is 28.1 Å². The van der Waals surface area contributed by atoms with E-state index in [-0.39, 0.29) is 0 Å². The molecular formula is C26H18ClNO. The minimum atomic E-state index is 0.729. The number of rotatable bonds is 3. The molecule has 0 amide bonds. The molecule has 1 aromatic heterocycles. The van der Waals surface area contributed by atoms with Crippen molar-refractivity contribution in [1.29, 1.82) is 0 Å². The van der Waals surface area contributed by atoms with Crippen LogP contribution in [-0.4, -0.2) is 12.1 Å². The molecule has 1 heterocycles. The second-order valence-corrected chi connectivity index (χ2v) is 7.41. The quantitative estimate of drug-likeness (QED) is 0.297. The number of methoxy groups -OCH3 is 1. The highest BCUT2D eigenvalue weighted by Gasteiger charge is 2.12. The first-order valence-electron chi connectivity index (χ1n) is 9.46. The van der Waals surface area contributed by atoms with Gasteiger partial charge in [0, 0.05) is 16.0 Å². The van der Waals surface area contributed by atoms with Gasteiger partial charge >= 0.3 is 0 Å². The Morgan fingerprint density at radius 1 is 0.759 bits per heavy atom. The van der Waals surface area contributed by atoms with Crippen LogP contribution in [0.1, 0.15) is 0 Å². The molecule has 0 aliphatic heterocycles. The molecule has 0 radical (unpaired) electrons. The Hall–Kier alpha value is -3.36. The predicted octanol–water partition coefficient (Wildman–Crippen LogP) is 7.38. The number of hydrogen-bond acceptors (Lipinski definition) is 2. The van der Waals surface area contributed by atoms with Crippen molar-refractivity contribution in [2.45, 2.75) is 0 Å². The summed E-state index contributed by atoms with van der Waals surface area (Å²) in [4.78, 5) is 4.99. The molecule has 5 rings (SSSR count). The Labute approximate surface area is 174 Å². The Morgan fingerprint density at radius 3 is 2.24 bits per heavy atom. The Kier molecular flexibility index (Phi) is 4.42. The molecule has 0 aliphatic carbocycles. The summed E-state index contributed by atoms with van der Waals surface area (Å²) in [5.41, 5.74) is 5.22. The van der Waals surface area contributed by atoms with E-state index in [1.54, 1.807) is 7.11 Å². The minimum absolute atomic E-state index is 0.729. The largest absolute Gasteiger partial charge is 0.497 e. The molecule has 0 saturated heterocycles. The van der Waals surface area contributed by atoms with Gasteiger partial charge in [-0.2, -0.15) is 0 Å². The molecule has 4 aromatic carbocycles. The summed E-state index contributed by atoms with van der Waals surface area (Å²) in [6.45, 7) is 0. The van der Waals surface area contributed by atoms with Crippen molar-refractivity contribution in [1.82, 2.24) is 4.98 Å². The molecule has 2 nitrogen and oxygen atoms in total. The molecule has 0 atom stereocenters. The highest BCUT2D eigenvalue weighted by Crippen LogP contribution is 2.37. The van der Waals surface area contributed by atoms with Crippen LogP contribution in [0.3, 0.4) is 0 Å². The molecule has 29 heavy (non-hydrogen) atoms. The summed E-state index contributed by atoms with van der Waals surface area (Å²) < 4.78 is 5.29. The van der Waals surface area contributed by atoms with E-state index in [2.05, 4.69) is 54.6 Å². The fourth-order valence-corrected chi connectivity index (χ4v) is 3.90. The Morgan fingerprint density at radius 2 is 1.48 bits per heavy atom. The van der Waals surface area contributed by atoms with Crippen molar-refractivity contribution < 1.29 is 4.74 Å². The molecule has 5 aromatic rings. The Bertz CT molecular complexity index is 1330. The summed E-state index contributed by atoms with van der Waals surface area (Å²) in [6.07, 6.45) is 0. The maximum atomic E-state index is 6.14. The second-order valence-electron chi connectivity index (χ2n) is 6.97. The smallest absolute Gasteiger partial charge is 0.118 e. The van der Waals surface area contributed by atoms with Crippen LogP contribution in [0.15, 0.2) is 91.0 Å². The number of benzene rings is 4. The molecule has 0 unspecified atom stereocenters. The van der Waals surface area contributed by atoms with Crippen molar-refractivity contribution in [2.24, 2.45) is 0 Å². The summed E-state index contributed by atoms with van der Waals surface area (Å²) in [7, 11) is 1.67. The van der Waals surface area contributed by atoms with Gasteiger partial charge in [0.1, 0.15) is 5.75 Å². The van der Waals surface area contributed by atoms with E-state index in [0.717, 1.165) is 44.1 Å². The summed E-state index contributed by atoms with van der Waals surface area (Å²) >= 11 is 6.14.